The van der Waals surface area contributed by atoms with Gasteiger partial charge in [0.15, 0.2) is 0 Å². The second-order valence-electron chi connectivity index (χ2n) is 6.76. The van der Waals surface area contributed by atoms with Crippen LogP contribution in [-0.4, -0.2) is 64.8 Å². The number of amides is 2. The maximum Gasteiger partial charge on any atom is 0.490 e. The van der Waals surface area contributed by atoms with Crippen LogP contribution in [0.4, 0.5) is 18.9 Å². The number of carboxylic acid groups (broad SMARTS) is 1. The van der Waals surface area contributed by atoms with Crippen molar-refractivity contribution in [2.24, 2.45) is 11.8 Å². The zero-order chi connectivity index (χ0) is 21.6. The van der Waals surface area contributed by atoms with Crippen LogP contribution >= 0.6 is 0 Å². The molecule has 0 bridgehead atoms. The van der Waals surface area contributed by atoms with E-state index in [2.05, 4.69) is 10.3 Å². The van der Waals surface area contributed by atoms with Crippen molar-refractivity contribution in [1.29, 1.82) is 0 Å². The third kappa shape index (κ3) is 6.41. The third-order valence-electron chi connectivity index (χ3n) is 4.82. The lowest BCUT2D eigenvalue weighted by atomic mass is 9.79. The molecular formula is C18H22F3N3O5. The molecule has 11 heteroatoms. The van der Waals surface area contributed by atoms with Gasteiger partial charge in [0.05, 0.1) is 18.0 Å². The predicted octanol–water partition coefficient (Wildman–Crippen LogP) is 1.93. The summed E-state index contributed by atoms with van der Waals surface area (Å²) in [6.45, 7) is 3.50. The van der Waals surface area contributed by atoms with E-state index in [4.69, 9.17) is 14.6 Å². The standard InChI is InChI=1S/C16H21N3O3.C2HF3O2/c1-11(20)19-7-4-15-14(10-19)13(5-8-22-15)16(21)18-12-3-2-6-17-9-12;3-2(4,5)1(6)7/h2-3,6,9,13-15H,4-5,7-8,10H2,1H3,(H,18,21);(H,6,7)/t13-,14-,15-;/m1./s1. The second-order valence-corrected chi connectivity index (χ2v) is 6.76. The van der Waals surface area contributed by atoms with Gasteiger partial charge >= 0.3 is 12.1 Å². The minimum atomic E-state index is -5.08. The summed E-state index contributed by atoms with van der Waals surface area (Å²) < 4.78 is 37.5. The lowest BCUT2D eigenvalue weighted by molar-refractivity contribution is -0.192. The summed E-state index contributed by atoms with van der Waals surface area (Å²) in [4.78, 5) is 38.9. The number of fused-ring (bicyclic) bond motifs is 1. The number of nitrogens with zero attached hydrogens (tertiary/aromatic N) is 2. The van der Waals surface area contributed by atoms with Crippen LogP contribution in [0.5, 0.6) is 0 Å². The van der Waals surface area contributed by atoms with Crippen LogP contribution in [0.3, 0.4) is 0 Å². The number of likely N-dealkylation sites (tertiary alicyclic amines) is 1. The first-order chi connectivity index (χ1) is 13.6. The van der Waals surface area contributed by atoms with E-state index in [1.807, 2.05) is 11.0 Å². The van der Waals surface area contributed by atoms with E-state index < -0.39 is 12.1 Å². The SMILES string of the molecule is CC(=O)N1CC[C@H]2OCC[C@@H](C(=O)Nc3cccnc3)[C@H]2C1.O=C(O)C(F)(F)F. The molecule has 0 radical (unpaired) electrons. The number of alkyl halides is 3. The molecule has 2 saturated heterocycles. The van der Waals surface area contributed by atoms with E-state index in [9.17, 15) is 22.8 Å². The summed E-state index contributed by atoms with van der Waals surface area (Å²) in [6, 6.07) is 3.62. The fourth-order valence-electron chi connectivity index (χ4n) is 3.40. The van der Waals surface area contributed by atoms with Gasteiger partial charge in [0, 0.05) is 44.7 Å². The molecule has 0 aliphatic carbocycles. The Morgan fingerprint density at radius 1 is 1.31 bits per heavy atom. The minimum Gasteiger partial charge on any atom is -0.475 e. The van der Waals surface area contributed by atoms with Crippen LogP contribution in [0.1, 0.15) is 19.8 Å². The molecule has 2 fully saturated rings. The number of carboxylic acids is 1. The molecule has 3 rings (SSSR count). The zero-order valence-electron chi connectivity index (χ0n) is 15.7. The molecule has 0 spiro atoms. The molecule has 0 aromatic carbocycles. The number of hydrogen-bond acceptors (Lipinski definition) is 5. The number of halogens is 3. The number of pyridine rings is 1. The van der Waals surface area contributed by atoms with E-state index in [0.717, 1.165) is 6.42 Å². The second kappa shape index (κ2) is 9.68. The Morgan fingerprint density at radius 3 is 2.55 bits per heavy atom. The van der Waals surface area contributed by atoms with Gasteiger partial charge in [-0.2, -0.15) is 13.2 Å². The van der Waals surface area contributed by atoms with Gasteiger partial charge in [-0.1, -0.05) is 0 Å². The monoisotopic (exact) mass is 417 g/mol. The largest absolute Gasteiger partial charge is 0.490 e. The summed E-state index contributed by atoms with van der Waals surface area (Å²) in [5.74, 6) is -2.75. The molecule has 160 valence electrons. The Kier molecular flexibility index (Phi) is 7.54. The number of ether oxygens (including phenoxy) is 1. The summed E-state index contributed by atoms with van der Waals surface area (Å²) in [5, 5.41) is 10.1. The fraction of sp³-hybridized carbons (Fsp3) is 0.556. The van der Waals surface area contributed by atoms with Crippen LogP contribution in [0.15, 0.2) is 24.5 Å². The number of rotatable bonds is 2. The quantitative estimate of drug-likeness (QED) is 0.761. The first-order valence-electron chi connectivity index (χ1n) is 8.97. The summed E-state index contributed by atoms with van der Waals surface area (Å²) in [5.41, 5.74) is 0.703. The molecule has 2 aliphatic heterocycles. The highest BCUT2D eigenvalue weighted by Crippen LogP contribution is 2.34. The van der Waals surface area contributed by atoms with Gasteiger partial charge in [0.1, 0.15) is 0 Å². The van der Waals surface area contributed by atoms with E-state index >= 15 is 0 Å². The average Bonchev–Trinajstić information content (AvgIpc) is 2.67. The van der Waals surface area contributed by atoms with Gasteiger partial charge in [-0.25, -0.2) is 4.79 Å². The van der Waals surface area contributed by atoms with Crippen molar-refractivity contribution in [3.05, 3.63) is 24.5 Å². The Balaban J connectivity index is 0.000000370. The smallest absolute Gasteiger partial charge is 0.475 e. The Bertz CT molecular complexity index is 729. The summed E-state index contributed by atoms with van der Waals surface area (Å²) in [7, 11) is 0. The van der Waals surface area contributed by atoms with Crippen molar-refractivity contribution < 1.29 is 37.4 Å². The highest BCUT2D eigenvalue weighted by Gasteiger charge is 2.42. The third-order valence-corrected chi connectivity index (χ3v) is 4.82. The molecule has 1 aromatic heterocycles. The Hall–Kier alpha value is -2.69. The number of aliphatic carboxylic acids is 1. The molecule has 2 aliphatic rings. The average molecular weight is 417 g/mol. The van der Waals surface area contributed by atoms with Gasteiger partial charge in [-0.15, -0.1) is 0 Å². The van der Waals surface area contributed by atoms with E-state index in [0.29, 0.717) is 31.8 Å². The van der Waals surface area contributed by atoms with Crippen LogP contribution in [0.2, 0.25) is 0 Å². The molecule has 0 unspecified atom stereocenters. The summed E-state index contributed by atoms with van der Waals surface area (Å²) >= 11 is 0. The first kappa shape index (κ1) is 22.6. The number of carbonyl (C=O) groups is 3. The van der Waals surface area contributed by atoms with Crippen molar-refractivity contribution in [2.45, 2.75) is 32.0 Å². The van der Waals surface area contributed by atoms with Gasteiger partial charge in [-0.3, -0.25) is 14.6 Å². The number of aromatic nitrogens is 1. The number of piperidine rings is 1. The van der Waals surface area contributed by atoms with Gasteiger partial charge < -0.3 is 20.1 Å². The van der Waals surface area contributed by atoms with E-state index in [1.54, 1.807) is 25.4 Å². The molecular weight excluding hydrogens is 395 g/mol. The molecule has 29 heavy (non-hydrogen) atoms. The normalized spacial score (nSPS) is 23.9. The van der Waals surface area contributed by atoms with Crippen LogP contribution in [0.25, 0.3) is 0 Å². The van der Waals surface area contributed by atoms with Gasteiger partial charge in [0.2, 0.25) is 11.8 Å². The molecule has 1 aromatic rings. The van der Waals surface area contributed by atoms with Crippen LogP contribution < -0.4 is 5.32 Å². The van der Waals surface area contributed by atoms with Crippen molar-refractivity contribution in [1.82, 2.24) is 9.88 Å². The Labute approximate surface area is 165 Å². The number of carbonyl (C=O) groups excluding carboxylic acids is 2. The first-order valence-corrected chi connectivity index (χ1v) is 8.97. The van der Waals surface area contributed by atoms with E-state index in [1.165, 1.54) is 0 Å². The van der Waals surface area contributed by atoms with Gasteiger partial charge in [0.25, 0.3) is 0 Å². The highest BCUT2D eigenvalue weighted by molar-refractivity contribution is 5.92. The predicted molar refractivity (Wildman–Crippen MR) is 94.8 cm³/mol. The molecule has 0 saturated carbocycles. The number of hydrogen-bond donors (Lipinski definition) is 2. The van der Waals surface area contributed by atoms with Crippen molar-refractivity contribution in [2.75, 3.05) is 25.0 Å². The highest BCUT2D eigenvalue weighted by atomic mass is 19.4. The van der Waals surface area contributed by atoms with Crippen molar-refractivity contribution in [3.63, 3.8) is 0 Å². The maximum absolute atomic E-state index is 12.6. The van der Waals surface area contributed by atoms with Crippen molar-refractivity contribution in [3.8, 4) is 0 Å². The van der Waals surface area contributed by atoms with Gasteiger partial charge in [-0.05, 0) is 25.0 Å². The molecule has 8 nitrogen and oxygen atoms in total. The van der Waals surface area contributed by atoms with Crippen LogP contribution in [-0.2, 0) is 19.1 Å². The topological polar surface area (TPSA) is 109 Å². The molecule has 2 N–H and O–H groups in total. The number of anilines is 1. The molecule has 3 heterocycles. The Morgan fingerprint density at radius 2 is 2.00 bits per heavy atom. The lowest BCUT2D eigenvalue weighted by Gasteiger charge is -2.44. The minimum absolute atomic E-state index is 0.00305. The maximum atomic E-state index is 12.6. The van der Waals surface area contributed by atoms with Crippen molar-refractivity contribution >= 4 is 23.5 Å². The fourth-order valence-corrected chi connectivity index (χ4v) is 3.40. The molecule has 2 amide bonds. The van der Waals surface area contributed by atoms with Crippen LogP contribution in [0, 0.1) is 11.8 Å². The zero-order valence-corrected chi connectivity index (χ0v) is 15.7. The van der Waals surface area contributed by atoms with E-state index in [-0.39, 0.29) is 29.8 Å². The molecule has 3 atom stereocenters. The lowest BCUT2D eigenvalue weighted by Crippen LogP contribution is -2.53. The summed E-state index contributed by atoms with van der Waals surface area (Å²) in [6.07, 6.45) is -0.197. The number of nitrogens with one attached hydrogen (secondary N) is 1.